The van der Waals surface area contributed by atoms with Gasteiger partial charge in [0.15, 0.2) is 6.17 Å². The molecule has 0 radical (unpaired) electrons. The molecule has 2 nitrogen and oxygen atoms in total. The fraction of sp³-hybridized carbons (Fsp3) is 1.00. The summed E-state index contributed by atoms with van der Waals surface area (Å²) in [5, 5.41) is 9.13. The zero-order valence-corrected chi connectivity index (χ0v) is 6.25. The number of hydrogen-bond acceptors (Lipinski definition) is 2. The molecule has 4 atom stereocenters. The molecule has 0 aromatic heterocycles. The summed E-state index contributed by atoms with van der Waals surface area (Å²) in [5.41, 5.74) is 0. The lowest BCUT2D eigenvalue weighted by molar-refractivity contribution is 0.0144. The molecule has 0 bridgehead atoms. The van der Waals surface area contributed by atoms with Crippen molar-refractivity contribution in [2.75, 3.05) is 0 Å². The Kier molecular flexibility index (Phi) is 2.26. The molecule has 0 aliphatic carbocycles. The van der Waals surface area contributed by atoms with Crippen molar-refractivity contribution in [1.82, 2.24) is 0 Å². The van der Waals surface area contributed by atoms with Gasteiger partial charge in [0.05, 0.1) is 12.2 Å². The van der Waals surface area contributed by atoms with Crippen LogP contribution in [0.1, 0.15) is 20.3 Å². The van der Waals surface area contributed by atoms with Gasteiger partial charge < -0.3 is 9.84 Å². The molecule has 10 heavy (non-hydrogen) atoms. The van der Waals surface area contributed by atoms with E-state index in [1.807, 2.05) is 6.92 Å². The van der Waals surface area contributed by atoms with Crippen molar-refractivity contribution < 1.29 is 14.2 Å². The highest BCUT2D eigenvalue weighted by atomic mass is 19.1. The predicted octanol–water partition coefficient (Wildman–Crippen LogP) is 0.883. The number of rotatable bonds is 1. The van der Waals surface area contributed by atoms with Crippen molar-refractivity contribution in [3.63, 3.8) is 0 Å². The third-order valence-corrected chi connectivity index (χ3v) is 1.95. The van der Waals surface area contributed by atoms with Crippen molar-refractivity contribution in [2.24, 2.45) is 0 Å². The summed E-state index contributed by atoms with van der Waals surface area (Å²) in [6, 6.07) is 0. The van der Waals surface area contributed by atoms with Gasteiger partial charge in [-0.1, -0.05) is 6.92 Å². The lowest BCUT2D eigenvalue weighted by atomic mass is 10.1. The maximum atomic E-state index is 12.8. The summed E-state index contributed by atoms with van der Waals surface area (Å²) >= 11 is 0. The molecule has 0 aromatic rings. The zero-order chi connectivity index (χ0) is 7.72. The number of ether oxygens (including phenoxy) is 1. The molecule has 3 heteroatoms. The van der Waals surface area contributed by atoms with Crippen LogP contribution in [0.5, 0.6) is 0 Å². The van der Waals surface area contributed by atoms with Crippen LogP contribution in [0.25, 0.3) is 0 Å². The second-order valence-electron chi connectivity index (χ2n) is 2.72. The number of hydrogen-bond donors (Lipinski definition) is 1. The van der Waals surface area contributed by atoms with Crippen LogP contribution in [-0.2, 0) is 4.74 Å². The molecule has 0 amide bonds. The number of aliphatic hydroxyl groups is 1. The van der Waals surface area contributed by atoms with Gasteiger partial charge in [0.1, 0.15) is 6.10 Å². The molecule has 1 saturated heterocycles. The van der Waals surface area contributed by atoms with Gasteiger partial charge in [0, 0.05) is 0 Å². The predicted molar refractivity (Wildman–Crippen MR) is 35.5 cm³/mol. The highest BCUT2D eigenvalue weighted by molar-refractivity contribution is 4.87. The van der Waals surface area contributed by atoms with Gasteiger partial charge in [0.25, 0.3) is 0 Å². The average molecular weight is 148 g/mol. The van der Waals surface area contributed by atoms with Gasteiger partial charge in [-0.25, -0.2) is 4.39 Å². The molecule has 1 heterocycles. The highest BCUT2D eigenvalue weighted by Gasteiger charge is 2.40. The normalized spacial score (nSPS) is 48.0. The Balaban J connectivity index is 2.53. The standard InChI is InChI=1S/C7H13FO2/c1-3-5-7(9)6(8)4(2)10-5/h4-7,9H,3H2,1-2H3/t4?,5-,6-,7+/m1/s1. The van der Waals surface area contributed by atoms with Crippen LogP contribution in [0.2, 0.25) is 0 Å². The van der Waals surface area contributed by atoms with Gasteiger partial charge >= 0.3 is 0 Å². The minimum absolute atomic E-state index is 0.301. The van der Waals surface area contributed by atoms with Crippen molar-refractivity contribution in [3.05, 3.63) is 0 Å². The Hall–Kier alpha value is -0.150. The van der Waals surface area contributed by atoms with E-state index in [1.165, 1.54) is 0 Å². The van der Waals surface area contributed by atoms with E-state index in [0.29, 0.717) is 6.42 Å². The van der Waals surface area contributed by atoms with E-state index in [0.717, 1.165) is 0 Å². The van der Waals surface area contributed by atoms with Crippen molar-refractivity contribution in [1.29, 1.82) is 0 Å². The molecule has 1 N–H and O–H groups in total. The third kappa shape index (κ3) is 1.16. The first-order chi connectivity index (χ1) is 4.66. The smallest absolute Gasteiger partial charge is 0.154 e. The Morgan fingerprint density at radius 3 is 2.40 bits per heavy atom. The summed E-state index contributed by atoms with van der Waals surface area (Å²) in [6.45, 7) is 3.52. The van der Waals surface area contributed by atoms with Crippen molar-refractivity contribution >= 4 is 0 Å². The summed E-state index contributed by atoms with van der Waals surface area (Å²) < 4.78 is 17.9. The Bertz CT molecular complexity index is 118. The van der Waals surface area contributed by atoms with Crippen LogP contribution in [0.15, 0.2) is 0 Å². The van der Waals surface area contributed by atoms with Crippen LogP contribution in [0.4, 0.5) is 4.39 Å². The molecule has 1 aliphatic heterocycles. The molecule has 0 aromatic carbocycles. The first kappa shape index (κ1) is 7.95. The molecular formula is C7H13FO2. The topological polar surface area (TPSA) is 29.5 Å². The molecule has 1 rings (SSSR count). The monoisotopic (exact) mass is 148 g/mol. The molecule has 0 saturated carbocycles. The van der Waals surface area contributed by atoms with Crippen LogP contribution < -0.4 is 0 Å². The summed E-state index contributed by atoms with van der Waals surface area (Å²) in [7, 11) is 0. The first-order valence-electron chi connectivity index (χ1n) is 3.64. The maximum absolute atomic E-state index is 12.8. The van der Waals surface area contributed by atoms with E-state index in [1.54, 1.807) is 6.92 Å². The Morgan fingerprint density at radius 2 is 2.20 bits per heavy atom. The van der Waals surface area contributed by atoms with Gasteiger partial charge in [-0.15, -0.1) is 0 Å². The highest BCUT2D eigenvalue weighted by Crippen LogP contribution is 2.25. The SMILES string of the molecule is CC[C@H]1OC(C)[C@@H](F)[C@H]1O. The average Bonchev–Trinajstić information content (AvgIpc) is 2.17. The summed E-state index contributed by atoms with van der Waals surface area (Å²) in [5.74, 6) is 0. The molecule has 60 valence electrons. The van der Waals surface area contributed by atoms with Gasteiger partial charge in [-0.05, 0) is 13.3 Å². The van der Waals surface area contributed by atoms with Gasteiger partial charge in [-0.3, -0.25) is 0 Å². The Morgan fingerprint density at radius 1 is 1.60 bits per heavy atom. The van der Waals surface area contributed by atoms with E-state index >= 15 is 0 Å². The minimum atomic E-state index is -1.20. The van der Waals surface area contributed by atoms with Crippen LogP contribution in [-0.4, -0.2) is 29.6 Å². The van der Waals surface area contributed by atoms with Gasteiger partial charge in [-0.2, -0.15) is 0 Å². The lowest BCUT2D eigenvalue weighted by Gasteiger charge is -2.09. The minimum Gasteiger partial charge on any atom is -0.387 e. The fourth-order valence-corrected chi connectivity index (χ4v) is 1.25. The van der Waals surface area contributed by atoms with Crippen LogP contribution in [0.3, 0.4) is 0 Å². The number of aliphatic hydroxyl groups excluding tert-OH is 1. The number of alkyl halides is 1. The largest absolute Gasteiger partial charge is 0.387 e. The molecule has 1 fully saturated rings. The van der Waals surface area contributed by atoms with E-state index in [2.05, 4.69) is 0 Å². The summed E-state index contributed by atoms with van der Waals surface area (Å²) in [6.07, 6.45) is -2.19. The Labute approximate surface area is 60.0 Å². The third-order valence-electron chi connectivity index (χ3n) is 1.95. The van der Waals surface area contributed by atoms with E-state index in [-0.39, 0.29) is 6.10 Å². The molecule has 0 spiro atoms. The van der Waals surface area contributed by atoms with E-state index in [9.17, 15) is 4.39 Å². The zero-order valence-electron chi connectivity index (χ0n) is 6.25. The fourth-order valence-electron chi connectivity index (χ4n) is 1.25. The molecule has 1 aliphatic rings. The maximum Gasteiger partial charge on any atom is 0.154 e. The van der Waals surface area contributed by atoms with Crippen molar-refractivity contribution in [2.45, 2.75) is 44.8 Å². The first-order valence-corrected chi connectivity index (χ1v) is 3.64. The summed E-state index contributed by atoms with van der Waals surface area (Å²) in [4.78, 5) is 0. The molecule has 1 unspecified atom stereocenters. The lowest BCUT2D eigenvalue weighted by Crippen LogP contribution is -2.27. The van der Waals surface area contributed by atoms with E-state index in [4.69, 9.17) is 9.84 Å². The van der Waals surface area contributed by atoms with Crippen molar-refractivity contribution in [3.8, 4) is 0 Å². The molecular weight excluding hydrogens is 135 g/mol. The second kappa shape index (κ2) is 2.84. The van der Waals surface area contributed by atoms with Crippen LogP contribution in [0, 0.1) is 0 Å². The number of halogens is 1. The second-order valence-corrected chi connectivity index (χ2v) is 2.72. The van der Waals surface area contributed by atoms with E-state index < -0.39 is 18.4 Å². The van der Waals surface area contributed by atoms with Crippen LogP contribution >= 0.6 is 0 Å². The quantitative estimate of drug-likeness (QED) is 0.598. The van der Waals surface area contributed by atoms with Gasteiger partial charge in [0.2, 0.25) is 0 Å².